The molecule has 0 fully saturated rings. The van der Waals surface area contributed by atoms with Gasteiger partial charge in [-0.15, -0.1) is 0 Å². The molecule has 0 bridgehead atoms. The number of carboxylic acids is 1. The maximum absolute atomic E-state index is 11.1. The van der Waals surface area contributed by atoms with Crippen LogP contribution >= 0.6 is 0 Å². The van der Waals surface area contributed by atoms with Gasteiger partial charge in [-0.2, -0.15) is 5.23 Å². The second-order valence-electron chi connectivity index (χ2n) is 4.37. The van der Waals surface area contributed by atoms with Crippen molar-refractivity contribution in [1.82, 2.24) is 0 Å². The Morgan fingerprint density at radius 2 is 1.75 bits per heavy atom. The van der Waals surface area contributed by atoms with Crippen LogP contribution < -0.4 is 5.23 Å². The van der Waals surface area contributed by atoms with Gasteiger partial charge in [0, 0.05) is 11.6 Å². The highest BCUT2D eigenvalue weighted by Crippen LogP contribution is 2.28. The predicted molar refractivity (Wildman–Crippen MR) is 71.0 cm³/mol. The van der Waals surface area contributed by atoms with Crippen molar-refractivity contribution >= 4 is 11.7 Å². The maximum atomic E-state index is 11.1. The van der Waals surface area contributed by atoms with Gasteiger partial charge in [-0.25, -0.2) is 10.0 Å². The fourth-order valence-corrected chi connectivity index (χ4v) is 1.92. The van der Waals surface area contributed by atoms with Crippen molar-refractivity contribution in [3.05, 3.63) is 52.7 Å². The van der Waals surface area contributed by atoms with Crippen molar-refractivity contribution in [3.63, 3.8) is 0 Å². The van der Waals surface area contributed by atoms with Crippen molar-refractivity contribution in [2.75, 3.05) is 0 Å². The minimum atomic E-state index is -1.24. The molecule has 0 aliphatic rings. The van der Waals surface area contributed by atoms with Gasteiger partial charge in [0.25, 0.3) is 0 Å². The first-order chi connectivity index (χ1) is 9.40. The molecule has 0 spiro atoms. The average molecular weight is 275 g/mol. The predicted octanol–water partition coefficient (Wildman–Crippen LogP) is 1.47. The zero-order valence-electron chi connectivity index (χ0n) is 10.6. The first-order valence-corrected chi connectivity index (χ1v) is 5.81. The van der Waals surface area contributed by atoms with E-state index in [9.17, 15) is 15.1 Å². The molecular weight excluding hydrogens is 262 g/mol. The van der Waals surface area contributed by atoms with Gasteiger partial charge in [0.2, 0.25) is 0 Å². The van der Waals surface area contributed by atoms with E-state index in [2.05, 4.69) is 0 Å². The van der Waals surface area contributed by atoms with Crippen molar-refractivity contribution in [2.45, 2.75) is 6.92 Å². The highest BCUT2D eigenvalue weighted by atomic mass is 16.8. The molecule has 6 nitrogen and oxygen atoms in total. The van der Waals surface area contributed by atoms with Crippen LogP contribution in [0.2, 0.25) is 0 Å². The third-order valence-electron chi connectivity index (χ3n) is 3.03. The van der Waals surface area contributed by atoms with Crippen LogP contribution in [0.5, 0.6) is 5.75 Å². The Labute approximate surface area is 114 Å². The molecule has 2 aromatic carbocycles. The van der Waals surface area contributed by atoms with Crippen LogP contribution in [-0.4, -0.2) is 21.4 Å². The number of quaternary nitrogens is 1. The van der Waals surface area contributed by atoms with E-state index in [1.165, 1.54) is 24.3 Å². The summed E-state index contributed by atoms with van der Waals surface area (Å²) in [6.07, 6.45) is 0. The maximum Gasteiger partial charge on any atom is 0.339 e. The highest BCUT2D eigenvalue weighted by molar-refractivity contribution is 5.92. The number of rotatable bonds is 3. The number of hydrogen-bond donors (Lipinski definition) is 4. The lowest BCUT2D eigenvalue weighted by molar-refractivity contribution is -0.991. The normalized spacial score (nSPS) is 12.2. The Morgan fingerprint density at radius 1 is 1.15 bits per heavy atom. The van der Waals surface area contributed by atoms with Gasteiger partial charge in [-0.05, 0) is 30.2 Å². The zero-order valence-corrected chi connectivity index (χ0v) is 10.6. The first-order valence-electron chi connectivity index (χ1n) is 5.81. The largest absolute Gasteiger partial charge is 0.595 e. The monoisotopic (exact) mass is 275 g/mol. The molecule has 2 aromatic rings. The van der Waals surface area contributed by atoms with E-state index in [0.717, 1.165) is 0 Å². The van der Waals surface area contributed by atoms with Gasteiger partial charge in [0.1, 0.15) is 11.3 Å². The quantitative estimate of drug-likeness (QED) is 0.635. The lowest BCUT2D eigenvalue weighted by atomic mass is 10.0. The number of carbonyl (C=O) groups is 1. The summed E-state index contributed by atoms with van der Waals surface area (Å²) in [4.78, 5) is 11.0. The molecule has 2 rings (SSSR count). The molecule has 1 unspecified atom stereocenters. The van der Waals surface area contributed by atoms with Crippen molar-refractivity contribution in [3.8, 4) is 16.9 Å². The Morgan fingerprint density at radius 3 is 2.35 bits per heavy atom. The van der Waals surface area contributed by atoms with E-state index in [4.69, 9.17) is 10.3 Å². The fraction of sp³-hybridized carbons (Fsp3) is 0.0714. The molecule has 104 valence electrons. The summed E-state index contributed by atoms with van der Waals surface area (Å²) in [5.41, 5.74) is 1.67. The highest BCUT2D eigenvalue weighted by Gasteiger charge is 2.13. The molecule has 4 N–H and O–H groups in total. The fourth-order valence-electron chi connectivity index (χ4n) is 1.92. The van der Waals surface area contributed by atoms with Crippen molar-refractivity contribution in [1.29, 1.82) is 0 Å². The van der Waals surface area contributed by atoms with E-state index in [0.29, 0.717) is 16.7 Å². The lowest BCUT2D eigenvalue weighted by Gasteiger charge is -2.15. The number of hydrogen-bond acceptors (Lipinski definition) is 4. The second kappa shape index (κ2) is 5.30. The summed E-state index contributed by atoms with van der Waals surface area (Å²) in [6, 6.07) is 8.98. The molecule has 0 amide bonds. The lowest BCUT2D eigenvalue weighted by Crippen LogP contribution is -2.99. The van der Waals surface area contributed by atoms with Crippen LogP contribution in [0.4, 0.5) is 5.69 Å². The van der Waals surface area contributed by atoms with Crippen LogP contribution in [0.25, 0.3) is 11.1 Å². The second-order valence-corrected chi connectivity index (χ2v) is 4.37. The summed E-state index contributed by atoms with van der Waals surface area (Å²) in [5.74, 6) is -1.57. The van der Waals surface area contributed by atoms with Crippen molar-refractivity contribution < 1.29 is 25.4 Å². The Balaban J connectivity index is 2.54. The topological polar surface area (TPSA) is 105 Å². The number of benzene rings is 2. The molecule has 1 atom stereocenters. The number of carboxylic acid groups (broad SMARTS) is 1. The molecule has 6 heteroatoms. The SMILES string of the molecule is Cc1ccc(-c2ccc(O)c(C(=O)O)c2)cc1[NH+]([O-])O. The molecule has 0 saturated carbocycles. The molecule has 20 heavy (non-hydrogen) atoms. The molecule has 0 aromatic heterocycles. The van der Waals surface area contributed by atoms with Gasteiger partial charge < -0.3 is 15.4 Å². The van der Waals surface area contributed by atoms with E-state index in [-0.39, 0.29) is 17.0 Å². The number of aromatic hydroxyl groups is 1. The molecule has 0 saturated heterocycles. The van der Waals surface area contributed by atoms with Crippen molar-refractivity contribution in [2.24, 2.45) is 0 Å². The van der Waals surface area contributed by atoms with Crippen LogP contribution in [-0.2, 0) is 0 Å². The zero-order chi connectivity index (χ0) is 14.9. The van der Waals surface area contributed by atoms with E-state index in [1.807, 2.05) is 0 Å². The third kappa shape index (κ3) is 2.62. The minimum absolute atomic E-state index is 0.160. The molecule has 0 aliphatic carbocycles. The van der Waals surface area contributed by atoms with Gasteiger partial charge in [0.05, 0.1) is 0 Å². The number of nitrogens with one attached hydrogen (secondary N) is 1. The van der Waals surface area contributed by atoms with E-state index < -0.39 is 11.2 Å². The summed E-state index contributed by atoms with van der Waals surface area (Å²) < 4.78 is 0. The van der Waals surface area contributed by atoms with Gasteiger partial charge in [-0.1, -0.05) is 18.2 Å². The Bertz CT molecular complexity index is 667. The number of phenols is 1. The number of aryl methyl sites for hydroxylation is 1. The summed E-state index contributed by atoms with van der Waals surface area (Å²) in [5, 5.41) is 37.6. The van der Waals surface area contributed by atoms with Gasteiger partial charge in [0.15, 0.2) is 5.69 Å². The van der Waals surface area contributed by atoms with Crippen LogP contribution in [0, 0.1) is 12.1 Å². The molecule has 0 aliphatic heterocycles. The molecular formula is C14H13NO5. The Kier molecular flexibility index (Phi) is 3.71. The van der Waals surface area contributed by atoms with Crippen LogP contribution in [0.1, 0.15) is 15.9 Å². The van der Waals surface area contributed by atoms with Gasteiger partial charge >= 0.3 is 5.97 Å². The van der Waals surface area contributed by atoms with Gasteiger partial charge in [-0.3, -0.25) is 0 Å². The smallest absolute Gasteiger partial charge is 0.339 e. The molecule has 0 heterocycles. The standard InChI is InChI=1S/C14H13NO5/c1-8-2-3-10(7-12(8)15(19)20)9-4-5-13(16)11(6-9)14(17)18/h2-7,15-16,19H,1H3,(H,17,18). The average Bonchev–Trinajstić information content (AvgIpc) is 2.39. The third-order valence-corrected chi connectivity index (χ3v) is 3.03. The Hall–Kier alpha value is -2.41. The minimum Gasteiger partial charge on any atom is -0.595 e. The summed E-state index contributed by atoms with van der Waals surface area (Å²) in [6.45, 7) is 1.69. The van der Waals surface area contributed by atoms with E-state index in [1.54, 1.807) is 19.1 Å². The van der Waals surface area contributed by atoms with E-state index >= 15 is 0 Å². The summed E-state index contributed by atoms with van der Waals surface area (Å²) in [7, 11) is 0. The van der Waals surface area contributed by atoms with Crippen LogP contribution in [0.15, 0.2) is 36.4 Å². The molecule has 0 radical (unpaired) electrons. The first kappa shape index (κ1) is 14.0. The summed E-state index contributed by atoms with van der Waals surface area (Å²) >= 11 is 0. The number of aromatic carboxylic acids is 1. The van der Waals surface area contributed by atoms with Crippen LogP contribution in [0.3, 0.4) is 0 Å².